The van der Waals surface area contributed by atoms with Crippen LogP contribution in [-0.2, 0) is 23.6 Å². The third-order valence-electron chi connectivity index (χ3n) is 5.52. The van der Waals surface area contributed by atoms with Crippen LogP contribution < -0.4 is 10.6 Å². The van der Waals surface area contributed by atoms with Crippen molar-refractivity contribution in [2.24, 2.45) is 5.73 Å². The van der Waals surface area contributed by atoms with E-state index in [0.717, 1.165) is 0 Å². The highest BCUT2D eigenvalue weighted by molar-refractivity contribution is 5.92. The van der Waals surface area contributed by atoms with E-state index in [1.54, 1.807) is 17.9 Å². The first-order valence-electron chi connectivity index (χ1n) is 13.5. The maximum absolute atomic E-state index is 14.2. The minimum Gasteiger partial charge on any atom is -0.369 e. The molecule has 1 amide bonds. The zero-order chi connectivity index (χ0) is 28.9. The molecule has 0 aliphatic carbocycles. The summed E-state index contributed by atoms with van der Waals surface area (Å²) in [5, 5.41) is 5.10. The van der Waals surface area contributed by atoms with E-state index in [2.05, 4.69) is 20.1 Å². The number of primary amides is 1. The quantitative estimate of drug-likeness (QED) is 0.570. The van der Waals surface area contributed by atoms with Crippen molar-refractivity contribution >= 4 is 22.6 Å². The molecule has 1 unspecified atom stereocenters. The Bertz CT molecular complexity index is 1370. The van der Waals surface area contributed by atoms with Gasteiger partial charge in [0.2, 0.25) is 11.7 Å². The number of nitrogens with two attached hydrogens (primary N) is 1. The van der Waals surface area contributed by atoms with Crippen molar-refractivity contribution in [3.63, 3.8) is 0 Å². The largest absolute Gasteiger partial charge is 0.369 e. The van der Waals surface area contributed by atoms with Crippen LogP contribution in [-0.4, -0.2) is 68.6 Å². The van der Waals surface area contributed by atoms with Gasteiger partial charge in [-0.05, 0) is 32.9 Å². The van der Waals surface area contributed by atoms with Gasteiger partial charge in [0.05, 0.1) is 23.0 Å². The first-order chi connectivity index (χ1) is 18.0. The van der Waals surface area contributed by atoms with Gasteiger partial charge < -0.3 is 15.5 Å². The number of nitrogens with zero attached hydrogens (tertiary/aromatic N) is 7. The van der Waals surface area contributed by atoms with Crippen molar-refractivity contribution in [2.75, 3.05) is 31.9 Å². The number of aromatic nitrogens is 5. The van der Waals surface area contributed by atoms with Crippen LogP contribution in [0.25, 0.3) is 16.7 Å². The molecule has 3 aromatic rings. The van der Waals surface area contributed by atoms with Gasteiger partial charge in [0.1, 0.15) is 0 Å². The van der Waals surface area contributed by atoms with Crippen molar-refractivity contribution in [3.05, 3.63) is 35.5 Å². The zero-order valence-electron chi connectivity index (χ0n) is 24.2. The van der Waals surface area contributed by atoms with Gasteiger partial charge in [-0.25, -0.2) is 14.6 Å². The highest BCUT2D eigenvalue weighted by Gasteiger charge is 2.31. The van der Waals surface area contributed by atoms with Crippen LogP contribution >= 0.6 is 0 Å². The molecule has 1 saturated heterocycles. The third kappa shape index (κ3) is 4.63. The lowest BCUT2D eigenvalue weighted by atomic mass is 10.2. The molecule has 4 rings (SSSR count). The van der Waals surface area contributed by atoms with Crippen molar-refractivity contribution in [3.8, 4) is 5.82 Å². The van der Waals surface area contributed by atoms with E-state index in [0.29, 0.717) is 46.4 Å². The number of pyridine rings is 1. The minimum absolute atomic E-state index is 0.0359. The Labute approximate surface area is 199 Å². The predicted molar refractivity (Wildman–Crippen MR) is 121 cm³/mol. The van der Waals surface area contributed by atoms with E-state index < -0.39 is 37.6 Å². The fourth-order valence-corrected chi connectivity index (χ4v) is 3.83. The summed E-state index contributed by atoms with van der Waals surface area (Å²) in [6.07, 6.45) is 1.88. The highest BCUT2D eigenvalue weighted by Crippen LogP contribution is 2.32. The predicted octanol–water partition coefficient (Wildman–Crippen LogP) is 2.05. The van der Waals surface area contributed by atoms with Crippen LogP contribution in [0.15, 0.2) is 18.3 Å². The second kappa shape index (κ2) is 8.62. The molecule has 0 radical (unpaired) electrons. The fourth-order valence-electron chi connectivity index (χ4n) is 3.83. The maximum atomic E-state index is 14.2. The highest BCUT2D eigenvalue weighted by atomic mass is 19.3. The number of alkyl halides is 2. The Balaban J connectivity index is 1.84. The number of hydrogen-bond donors (Lipinski definition) is 1. The van der Waals surface area contributed by atoms with Gasteiger partial charge in [-0.1, -0.05) is 6.92 Å². The Kier molecular flexibility index (Phi) is 4.29. The summed E-state index contributed by atoms with van der Waals surface area (Å²) >= 11 is 0. The molecule has 1 aliphatic rings. The normalized spacial score (nSPS) is 20.3. The molecule has 176 valence electrons. The molecule has 0 aromatic carbocycles. The minimum atomic E-state index is -3.32. The standard InChI is InChI=1S/C22H28F2N8O/c1-5-13-10-19(28-21(27-13)22(2,23)24)32-17-8-14(9-18(25)33)26-11-16(17)20(29-32)31-7-6-15(12-31)30(3)4/h8,10-11,15H,5-7,9,12H2,1-4H3,(H2,25,33)/i3D3,4D3. The summed E-state index contributed by atoms with van der Waals surface area (Å²) in [7, 11) is 0. The van der Waals surface area contributed by atoms with Crippen LogP contribution in [0.5, 0.6) is 0 Å². The van der Waals surface area contributed by atoms with E-state index in [4.69, 9.17) is 14.0 Å². The Morgan fingerprint density at radius 2 is 2.12 bits per heavy atom. The topological polar surface area (TPSA) is 106 Å². The summed E-state index contributed by atoms with van der Waals surface area (Å²) in [6.45, 7) is -2.93. The van der Waals surface area contributed by atoms with Gasteiger partial charge >= 0.3 is 5.92 Å². The van der Waals surface area contributed by atoms with Gasteiger partial charge in [0, 0.05) is 52.2 Å². The Hall–Kier alpha value is -3.21. The van der Waals surface area contributed by atoms with E-state index in [1.165, 1.54) is 16.9 Å². The average molecular weight is 465 g/mol. The molecule has 3 aromatic heterocycles. The third-order valence-corrected chi connectivity index (χ3v) is 5.52. The number of anilines is 1. The van der Waals surface area contributed by atoms with Crippen molar-refractivity contribution in [1.82, 2.24) is 29.6 Å². The van der Waals surface area contributed by atoms with Crippen LogP contribution in [0.2, 0.25) is 0 Å². The summed E-state index contributed by atoms with van der Waals surface area (Å²) in [5.41, 5.74) is 6.41. The lowest BCUT2D eigenvalue weighted by Gasteiger charge is -2.20. The molecule has 4 heterocycles. The molecule has 9 nitrogen and oxygen atoms in total. The van der Waals surface area contributed by atoms with Crippen LogP contribution in [0, 0.1) is 0 Å². The van der Waals surface area contributed by atoms with Gasteiger partial charge in [0.15, 0.2) is 11.6 Å². The lowest BCUT2D eigenvalue weighted by Crippen LogP contribution is -2.31. The maximum Gasteiger partial charge on any atom is 0.303 e. The SMILES string of the molecule is [2H]C([2H])([2H])N(C1CCN(c2nn(-c3cc(CC)nc(C(C)(F)F)n3)c3cc(CC(N)=O)ncc23)C1)C([2H])([2H])[2H]. The number of carbonyl (C=O) groups excluding carboxylic acids is 1. The molecular weight excluding hydrogens is 430 g/mol. The van der Waals surface area contributed by atoms with E-state index in [-0.39, 0.29) is 31.7 Å². The van der Waals surface area contributed by atoms with Gasteiger partial charge in [-0.15, -0.1) is 5.10 Å². The number of amides is 1. The Morgan fingerprint density at radius 3 is 2.79 bits per heavy atom. The second-order valence-electron chi connectivity index (χ2n) is 8.11. The molecule has 1 fully saturated rings. The number of fused-ring (bicyclic) bond motifs is 1. The van der Waals surface area contributed by atoms with Crippen molar-refractivity contribution in [2.45, 2.75) is 45.1 Å². The number of halogens is 2. The van der Waals surface area contributed by atoms with Crippen LogP contribution in [0.4, 0.5) is 14.6 Å². The van der Waals surface area contributed by atoms with Crippen LogP contribution in [0.3, 0.4) is 0 Å². The summed E-state index contributed by atoms with van der Waals surface area (Å²) in [5.74, 6) is -4.22. The number of rotatable bonds is 7. The number of carbonyl (C=O) groups is 1. The lowest BCUT2D eigenvalue weighted by molar-refractivity contribution is -0.117. The van der Waals surface area contributed by atoms with E-state index >= 15 is 0 Å². The second-order valence-corrected chi connectivity index (χ2v) is 8.11. The molecule has 11 heteroatoms. The van der Waals surface area contributed by atoms with Gasteiger partial charge in [0.25, 0.3) is 0 Å². The number of aryl methyl sites for hydroxylation is 1. The molecular formula is C22H28F2N8O. The molecule has 1 atom stereocenters. The molecule has 2 N–H and O–H groups in total. The van der Waals surface area contributed by atoms with Crippen molar-refractivity contribution < 1.29 is 21.8 Å². The smallest absolute Gasteiger partial charge is 0.303 e. The van der Waals surface area contributed by atoms with Crippen LogP contribution in [0.1, 0.15) is 45.7 Å². The van der Waals surface area contributed by atoms with Gasteiger partial charge in [-0.3, -0.25) is 9.78 Å². The van der Waals surface area contributed by atoms with E-state index in [1.807, 2.05) is 0 Å². The molecule has 1 aliphatic heterocycles. The average Bonchev–Trinajstić information content (AvgIpc) is 3.40. The van der Waals surface area contributed by atoms with Crippen molar-refractivity contribution in [1.29, 1.82) is 0 Å². The molecule has 33 heavy (non-hydrogen) atoms. The summed E-state index contributed by atoms with van der Waals surface area (Å²) < 4.78 is 76.3. The Morgan fingerprint density at radius 1 is 1.33 bits per heavy atom. The fraction of sp³-hybridized carbons (Fsp3) is 0.500. The number of hydrogen-bond acceptors (Lipinski definition) is 7. The summed E-state index contributed by atoms with van der Waals surface area (Å²) in [6, 6.07) is 2.25. The molecule has 0 bridgehead atoms. The monoisotopic (exact) mass is 464 g/mol. The first-order valence-corrected chi connectivity index (χ1v) is 10.5. The summed E-state index contributed by atoms with van der Waals surface area (Å²) in [4.78, 5) is 26.1. The van der Waals surface area contributed by atoms with Gasteiger partial charge in [-0.2, -0.15) is 8.78 Å². The zero-order valence-corrected chi connectivity index (χ0v) is 18.2. The first kappa shape index (κ1) is 16.4. The number of likely N-dealkylation sites (N-methyl/N-ethyl adjacent to an activating group) is 1. The molecule has 0 spiro atoms. The molecule has 0 saturated carbocycles. The van der Waals surface area contributed by atoms with E-state index in [9.17, 15) is 13.6 Å².